The van der Waals surface area contributed by atoms with E-state index in [9.17, 15) is 9.59 Å². The van der Waals surface area contributed by atoms with Crippen LogP contribution >= 0.6 is 15.9 Å². The summed E-state index contributed by atoms with van der Waals surface area (Å²) >= 11 is 3.31. The van der Waals surface area contributed by atoms with Crippen LogP contribution in [0.2, 0.25) is 0 Å². The van der Waals surface area contributed by atoms with Gasteiger partial charge in [0.05, 0.1) is 11.9 Å². The van der Waals surface area contributed by atoms with Crippen LogP contribution in [0.25, 0.3) is 0 Å². The van der Waals surface area contributed by atoms with Crippen molar-refractivity contribution in [3.8, 4) is 0 Å². The molecule has 0 saturated heterocycles. The van der Waals surface area contributed by atoms with Gasteiger partial charge in [0.15, 0.2) is 5.78 Å². The summed E-state index contributed by atoms with van der Waals surface area (Å²) < 4.78 is 2.07. The number of aromatic nitrogens is 2. The number of anilines is 1. The first-order chi connectivity index (χ1) is 9.47. The number of carbonyl (C=O) groups is 1. The smallest absolute Gasteiger partial charge is 0.269 e. The Labute approximate surface area is 125 Å². The lowest BCUT2D eigenvalue weighted by atomic mass is 10.1. The van der Waals surface area contributed by atoms with Crippen molar-refractivity contribution in [2.24, 2.45) is 0 Å². The average Bonchev–Trinajstić information content (AvgIpc) is 2.41. The quantitative estimate of drug-likeness (QED) is 0.801. The van der Waals surface area contributed by atoms with Gasteiger partial charge in [-0.3, -0.25) is 9.59 Å². The first-order valence-electron chi connectivity index (χ1n) is 6.00. The molecule has 2 aromatic rings. The van der Waals surface area contributed by atoms with E-state index in [1.165, 1.54) is 6.07 Å². The minimum Gasteiger partial charge on any atom is -0.376 e. The van der Waals surface area contributed by atoms with Crippen molar-refractivity contribution in [2.45, 2.75) is 6.54 Å². The molecule has 0 saturated carbocycles. The van der Waals surface area contributed by atoms with Crippen LogP contribution in [-0.2, 0) is 6.54 Å². The molecule has 0 spiro atoms. The van der Waals surface area contributed by atoms with Crippen LogP contribution < -0.4 is 10.5 Å². The normalized spacial score (nSPS) is 10.3. The zero-order valence-corrected chi connectivity index (χ0v) is 12.8. The second-order valence-electron chi connectivity index (χ2n) is 4.53. The molecule has 1 aromatic carbocycles. The maximum atomic E-state index is 12.1. The number of halogens is 1. The third kappa shape index (κ3) is 3.33. The molecule has 0 N–H and O–H groups in total. The lowest BCUT2D eigenvalue weighted by Gasteiger charge is -2.12. The number of Topliss-reactive ketones (excluding diaryl/α,β-unsaturated/α-hetero) is 1. The molecule has 0 aliphatic heterocycles. The molecule has 0 atom stereocenters. The molecule has 1 aromatic heterocycles. The van der Waals surface area contributed by atoms with Crippen LogP contribution in [0, 0.1) is 0 Å². The van der Waals surface area contributed by atoms with Crippen molar-refractivity contribution in [1.29, 1.82) is 0 Å². The van der Waals surface area contributed by atoms with Gasteiger partial charge in [0.25, 0.3) is 5.56 Å². The molecular formula is C14H14BrN3O2. The number of carbonyl (C=O) groups excluding carboxylic acids is 1. The van der Waals surface area contributed by atoms with Crippen LogP contribution in [0.5, 0.6) is 0 Å². The van der Waals surface area contributed by atoms with Crippen molar-refractivity contribution in [2.75, 3.05) is 19.0 Å². The van der Waals surface area contributed by atoms with E-state index in [1.54, 1.807) is 35.4 Å². The van der Waals surface area contributed by atoms with Gasteiger partial charge in [0.1, 0.15) is 6.54 Å². The summed E-state index contributed by atoms with van der Waals surface area (Å²) in [5.41, 5.74) is 0.975. The summed E-state index contributed by atoms with van der Waals surface area (Å²) in [7, 11) is 3.65. The fourth-order valence-electron chi connectivity index (χ4n) is 1.65. The van der Waals surface area contributed by atoms with Gasteiger partial charge in [0.2, 0.25) is 0 Å². The highest BCUT2D eigenvalue weighted by molar-refractivity contribution is 9.10. The van der Waals surface area contributed by atoms with E-state index in [-0.39, 0.29) is 17.9 Å². The van der Waals surface area contributed by atoms with E-state index in [0.29, 0.717) is 11.3 Å². The first-order valence-corrected chi connectivity index (χ1v) is 6.80. The molecule has 0 fully saturated rings. The lowest BCUT2D eigenvalue weighted by molar-refractivity contribution is 0.0965. The topological polar surface area (TPSA) is 55.2 Å². The Bertz CT molecular complexity index is 678. The Hall–Kier alpha value is -1.95. The molecular weight excluding hydrogens is 322 g/mol. The summed E-state index contributed by atoms with van der Waals surface area (Å²) in [6.45, 7) is -0.0613. The zero-order valence-electron chi connectivity index (χ0n) is 11.2. The highest BCUT2D eigenvalue weighted by Gasteiger charge is 2.09. The number of hydrogen-bond acceptors (Lipinski definition) is 4. The molecule has 0 bridgehead atoms. The fourth-order valence-corrected chi connectivity index (χ4v) is 1.91. The molecule has 1 heterocycles. The second kappa shape index (κ2) is 6.00. The Balaban J connectivity index is 2.20. The van der Waals surface area contributed by atoms with Gasteiger partial charge in [-0.05, 0) is 12.1 Å². The fraction of sp³-hybridized carbons (Fsp3) is 0.214. The molecule has 6 heteroatoms. The van der Waals surface area contributed by atoms with Gasteiger partial charge >= 0.3 is 0 Å². The van der Waals surface area contributed by atoms with E-state index in [2.05, 4.69) is 21.0 Å². The summed E-state index contributed by atoms with van der Waals surface area (Å²) in [4.78, 5) is 25.7. The molecule has 2 rings (SSSR count). The predicted molar refractivity (Wildman–Crippen MR) is 81.3 cm³/mol. The molecule has 104 valence electrons. The van der Waals surface area contributed by atoms with Gasteiger partial charge in [0, 0.05) is 30.2 Å². The van der Waals surface area contributed by atoms with Crippen molar-refractivity contribution < 1.29 is 4.79 Å². The molecule has 0 amide bonds. The summed E-state index contributed by atoms with van der Waals surface area (Å²) in [6.07, 6.45) is 1.57. The average molecular weight is 336 g/mol. The number of hydrogen-bond donors (Lipinski definition) is 0. The van der Waals surface area contributed by atoms with Crippen molar-refractivity contribution in [3.05, 3.63) is 56.9 Å². The van der Waals surface area contributed by atoms with Crippen LogP contribution in [0.15, 0.2) is 45.8 Å². The Morgan fingerprint density at radius 2 is 1.95 bits per heavy atom. The minimum atomic E-state index is -0.290. The van der Waals surface area contributed by atoms with Crippen molar-refractivity contribution in [3.63, 3.8) is 0 Å². The van der Waals surface area contributed by atoms with E-state index in [4.69, 9.17) is 0 Å². The maximum Gasteiger partial charge on any atom is 0.269 e. The highest BCUT2D eigenvalue weighted by Crippen LogP contribution is 2.11. The Kier molecular flexibility index (Phi) is 4.34. The molecule has 20 heavy (non-hydrogen) atoms. The zero-order chi connectivity index (χ0) is 14.7. The monoisotopic (exact) mass is 335 g/mol. The molecule has 0 aliphatic carbocycles. The number of benzene rings is 1. The first kappa shape index (κ1) is 14.5. The largest absolute Gasteiger partial charge is 0.376 e. The molecule has 0 aliphatic rings. The molecule has 0 radical (unpaired) electrons. The van der Waals surface area contributed by atoms with Crippen LogP contribution in [0.1, 0.15) is 10.4 Å². The highest BCUT2D eigenvalue weighted by atomic mass is 79.9. The Morgan fingerprint density at radius 3 is 2.50 bits per heavy atom. The van der Waals surface area contributed by atoms with Gasteiger partial charge in [-0.1, -0.05) is 28.1 Å². The number of ketones is 1. The van der Waals surface area contributed by atoms with Crippen molar-refractivity contribution >= 4 is 27.4 Å². The van der Waals surface area contributed by atoms with Gasteiger partial charge in [-0.2, -0.15) is 5.10 Å². The lowest BCUT2D eigenvalue weighted by Crippen LogP contribution is -2.27. The number of nitrogens with zero attached hydrogens (tertiary/aromatic N) is 3. The summed E-state index contributed by atoms with van der Waals surface area (Å²) in [5.74, 6) is -0.148. The maximum absolute atomic E-state index is 12.1. The van der Waals surface area contributed by atoms with Crippen LogP contribution in [0.4, 0.5) is 5.69 Å². The molecule has 0 unspecified atom stereocenters. The number of rotatable bonds is 4. The molecule has 5 nitrogen and oxygen atoms in total. The van der Waals surface area contributed by atoms with Gasteiger partial charge < -0.3 is 4.90 Å². The van der Waals surface area contributed by atoms with E-state index < -0.39 is 0 Å². The van der Waals surface area contributed by atoms with Crippen LogP contribution in [-0.4, -0.2) is 29.7 Å². The summed E-state index contributed by atoms with van der Waals surface area (Å²) in [5, 5.41) is 4.01. The Morgan fingerprint density at radius 1 is 1.30 bits per heavy atom. The standard InChI is InChI=1S/C14H14BrN3O2/c1-17(2)12-7-14(20)18(16-8-12)9-13(19)10-3-5-11(15)6-4-10/h3-8H,9H2,1-2H3. The third-order valence-corrected chi connectivity index (χ3v) is 3.36. The van der Waals surface area contributed by atoms with E-state index in [0.717, 1.165) is 9.15 Å². The second-order valence-corrected chi connectivity index (χ2v) is 5.45. The van der Waals surface area contributed by atoms with E-state index >= 15 is 0 Å². The van der Waals surface area contributed by atoms with Crippen LogP contribution in [0.3, 0.4) is 0 Å². The predicted octanol–water partition coefficient (Wildman–Crippen LogP) is 1.95. The van der Waals surface area contributed by atoms with Crippen molar-refractivity contribution in [1.82, 2.24) is 9.78 Å². The summed E-state index contributed by atoms with van der Waals surface area (Å²) in [6, 6.07) is 8.47. The van der Waals surface area contributed by atoms with Gasteiger partial charge in [-0.25, -0.2) is 4.68 Å². The SMILES string of the molecule is CN(C)c1cnn(CC(=O)c2ccc(Br)cc2)c(=O)c1. The third-order valence-electron chi connectivity index (χ3n) is 2.83. The van der Waals surface area contributed by atoms with Gasteiger partial charge in [-0.15, -0.1) is 0 Å². The minimum absolute atomic E-state index is 0.0613. The van der Waals surface area contributed by atoms with E-state index in [1.807, 2.05) is 14.1 Å².